The van der Waals surface area contributed by atoms with E-state index in [1.165, 1.54) is 13.3 Å². The van der Waals surface area contributed by atoms with Gasteiger partial charge in [-0.25, -0.2) is 9.37 Å². The normalized spacial score (nSPS) is 19.3. The minimum atomic E-state index is -0.802. The molecule has 1 N–H and O–H groups in total. The lowest BCUT2D eigenvalue weighted by Crippen LogP contribution is -2.37. The van der Waals surface area contributed by atoms with Crippen molar-refractivity contribution in [2.24, 2.45) is 5.92 Å². The third-order valence-corrected chi connectivity index (χ3v) is 8.30. The van der Waals surface area contributed by atoms with Crippen LogP contribution in [0.5, 0.6) is 11.6 Å². The Morgan fingerprint density at radius 2 is 2.05 bits per heavy atom. The van der Waals surface area contributed by atoms with Gasteiger partial charge < -0.3 is 14.6 Å². The lowest BCUT2D eigenvalue weighted by Gasteiger charge is -2.33. The predicted octanol–water partition coefficient (Wildman–Crippen LogP) is 6.60. The second kappa shape index (κ2) is 11.0. The lowest BCUT2D eigenvalue weighted by atomic mass is 9.91. The van der Waals surface area contributed by atoms with Crippen molar-refractivity contribution in [3.8, 4) is 22.8 Å². The average Bonchev–Trinajstić information content (AvgIpc) is 3.25. The Balaban J connectivity index is 1.48. The Hall–Kier alpha value is -3.45. The van der Waals surface area contributed by atoms with Crippen LogP contribution in [0.15, 0.2) is 48.7 Å². The molecule has 0 bridgehead atoms. The number of halogens is 1. The van der Waals surface area contributed by atoms with E-state index < -0.39 is 11.9 Å². The highest BCUT2D eigenvalue weighted by molar-refractivity contribution is 5.70. The molecule has 5 rings (SSSR count). The van der Waals surface area contributed by atoms with Crippen molar-refractivity contribution < 1.29 is 23.8 Å². The summed E-state index contributed by atoms with van der Waals surface area (Å²) in [6.45, 7) is 7.97. The van der Waals surface area contributed by atoms with Gasteiger partial charge in [0, 0.05) is 23.7 Å². The van der Waals surface area contributed by atoms with Gasteiger partial charge >= 0.3 is 5.97 Å². The number of carboxylic acids is 1. The number of aromatic nitrogens is 1. The fourth-order valence-electron chi connectivity index (χ4n) is 5.82. The highest BCUT2D eigenvalue weighted by atomic mass is 19.1. The first kappa shape index (κ1) is 27.1. The van der Waals surface area contributed by atoms with E-state index in [2.05, 4.69) is 35.9 Å². The summed E-state index contributed by atoms with van der Waals surface area (Å²) < 4.78 is 26.8. The second-order valence-corrected chi connectivity index (χ2v) is 11.5. The third-order valence-electron chi connectivity index (χ3n) is 8.30. The fraction of sp³-hybridized carbons (Fsp3) is 0.438. The number of likely N-dealkylation sites (tertiary alicyclic amines) is 1. The van der Waals surface area contributed by atoms with E-state index in [1.807, 2.05) is 24.3 Å². The summed E-state index contributed by atoms with van der Waals surface area (Å²) in [6, 6.07) is 13.9. The van der Waals surface area contributed by atoms with Gasteiger partial charge in [-0.1, -0.05) is 37.3 Å². The van der Waals surface area contributed by atoms with Gasteiger partial charge in [0.15, 0.2) is 0 Å². The van der Waals surface area contributed by atoms with Crippen molar-refractivity contribution in [2.75, 3.05) is 13.7 Å². The van der Waals surface area contributed by atoms with Crippen LogP contribution >= 0.6 is 0 Å². The molecule has 2 aliphatic heterocycles. The van der Waals surface area contributed by atoms with Crippen molar-refractivity contribution in [1.29, 1.82) is 0 Å². The maximum absolute atomic E-state index is 15.0. The van der Waals surface area contributed by atoms with Crippen LogP contribution in [0.3, 0.4) is 0 Å². The van der Waals surface area contributed by atoms with Crippen molar-refractivity contribution >= 4 is 5.97 Å². The van der Waals surface area contributed by atoms with E-state index in [1.54, 1.807) is 13.0 Å². The summed E-state index contributed by atoms with van der Waals surface area (Å²) in [6.07, 6.45) is 5.53. The second-order valence-electron chi connectivity index (χ2n) is 11.5. The number of aliphatic carboxylic acids is 1. The van der Waals surface area contributed by atoms with Gasteiger partial charge in [0.1, 0.15) is 17.7 Å². The molecular formula is C32H37FN2O4. The predicted molar refractivity (Wildman–Crippen MR) is 149 cm³/mol. The number of hydrogen-bond donors (Lipinski definition) is 1. The zero-order valence-corrected chi connectivity index (χ0v) is 23.2. The molecule has 3 aromatic rings. The zero-order valence-electron chi connectivity index (χ0n) is 23.2. The van der Waals surface area contributed by atoms with Crippen LogP contribution in [0, 0.1) is 11.7 Å². The molecule has 0 aliphatic carbocycles. The number of rotatable bonds is 8. The lowest BCUT2D eigenvalue weighted by molar-refractivity contribution is -0.141. The molecule has 1 saturated heterocycles. The summed E-state index contributed by atoms with van der Waals surface area (Å²) in [5, 5.41) is 9.32. The van der Waals surface area contributed by atoms with E-state index in [0.717, 1.165) is 65.8 Å². The van der Waals surface area contributed by atoms with Gasteiger partial charge in [0.2, 0.25) is 5.88 Å². The van der Waals surface area contributed by atoms with Gasteiger partial charge in [0.25, 0.3) is 0 Å². The van der Waals surface area contributed by atoms with Crippen LogP contribution in [-0.2, 0) is 24.2 Å². The number of fused-ring (bicyclic) bond motifs is 1. The Morgan fingerprint density at radius 1 is 1.23 bits per heavy atom. The maximum atomic E-state index is 15.0. The van der Waals surface area contributed by atoms with Gasteiger partial charge in [-0.05, 0) is 86.4 Å². The summed E-state index contributed by atoms with van der Waals surface area (Å²) in [5.74, 6) is -0.444. The van der Waals surface area contributed by atoms with E-state index in [0.29, 0.717) is 24.4 Å². The number of nitrogens with zero attached hydrogens (tertiary/aromatic N) is 2. The SMILES string of the molecule is COc1cc(-c2ccc([C@H]3CCc4ccc(C[C@H](C)C(=O)O)cc4O3)cc2CN2CCCC2(C)C)c(F)cn1. The molecule has 0 amide bonds. The van der Waals surface area contributed by atoms with Crippen LogP contribution in [-0.4, -0.2) is 40.2 Å². The Bertz CT molecular complexity index is 1370. The van der Waals surface area contributed by atoms with Crippen LogP contribution in [0.25, 0.3) is 11.1 Å². The quantitative estimate of drug-likeness (QED) is 0.352. The highest BCUT2D eigenvalue weighted by Crippen LogP contribution is 2.39. The Labute approximate surface area is 229 Å². The summed E-state index contributed by atoms with van der Waals surface area (Å²) in [5.41, 5.74) is 5.59. The van der Waals surface area contributed by atoms with Gasteiger partial charge in [-0.2, -0.15) is 0 Å². The summed E-state index contributed by atoms with van der Waals surface area (Å²) in [7, 11) is 1.53. The number of methoxy groups -OCH3 is 1. The van der Waals surface area contributed by atoms with Crippen LogP contribution < -0.4 is 9.47 Å². The van der Waals surface area contributed by atoms with Gasteiger partial charge in [-0.3, -0.25) is 9.69 Å². The topological polar surface area (TPSA) is 71.9 Å². The van der Waals surface area contributed by atoms with E-state index >= 15 is 4.39 Å². The van der Waals surface area contributed by atoms with E-state index in [4.69, 9.17) is 9.47 Å². The van der Waals surface area contributed by atoms with Crippen molar-refractivity contribution in [3.05, 3.63) is 76.7 Å². The summed E-state index contributed by atoms with van der Waals surface area (Å²) in [4.78, 5) is 17.8. The molecule has 6 nitrogen and oxygen atoms in total. The standard InChI is InChI=1S/C32H37FN2O4/c1-20(31(36)37)14-21-6-7-22-9-11-28(39-29(22)15-21)23-8-10-25(26-17-30(38-4)34-18-27(26)33)24(16-23)19-35-13-5-12-32(35,2)3/h6-8,10,15-18,20,28H,5,9,11-14,19H2,1-4H3,(H,36,37)/t20-,28+/m0/s1. The number of hydrogen-bond acceptors (Lipinski definition) is 5. The van der Waals surface area contributed by atoms with Crippen LogP contribution in [0.1, 0.15) is 68.4 Å². The molecule has 0 saturated carbocycles. The molecule has 1 aromatic heterocycles. The molecule has 206 valence electrons. The minimum Gasteiger partial charge on any atom is -0.485 e. The molecule has 1 fully saturated rings. The zero-order chi connectivity index (χ0) is 27.7. The van der Waals surface area contributed by atoms with Gasteiger partial charge in [-0.15, -0.1) is 0 Å². The Morgan fingerprint density at radius 3 is 2.77 bits per heavy atom. The number of aryl methyl sites for hydroxylation is 1. The minimum absolute atomic E-state index is 0.0749. The number of benzene rings is 2. The molecule has 7 heteroatoms. The largest absolute Gasteiger partial charge is 0.485 e. The number of carbonyl (C=O) groups is 1. The third kappa shape index (κ3) is 5.78. The molecule has 3 heterocycles. The highest BCUT2D eigenvalue weighted by Gasteiger charge is 2.33. The van der Waals surface area contributed by atoms with Crippen molar-refractivity contribution in [3.63, 3.8) is 0 Å². The molecule has 2 aromatic carbocycles. The molecule has 2 aliphatic rings. The van der Waals surface area contributed by atoms with E-state index in [9.17, 15) is 9.90 Å². The summed E-state index contributed by atoms with van der Waals surface area (Å²) >= 11 is 0. The maximum Gasteiger partial charge on any atom is 0.306 e. The van der Waals surface area contributed by atoms with Gasteiger partial charge in [0.05, 0.1) is 19.2 Å². The fourth-order valence-corrected chi connectivity index (χ4v) is 5.82. The molecule has 39 heavy (non-hydrogen) atoms. The molecule has 0 radical (unpaired) electrons. The van der Waals surface area contributed by atoms with E-state index in [-0.39, 0.29) is 17.5 Å². The molecule has 0 spiro atoms. The first-order valence-electron chi connectivity index (χ1n) is 13.7. The molecular weight excluding hydrogens is 495 g/mol. The first-order valence-corrected chi connectivity index (χ1v) is 13.7. The molecule has 0 unspecified atom stereocenters. The van der Waals surface area contributed by atoms with Crippen LogP contribution in [0.2, 0.25) is 0 Å². The first-order chi connectivity index (χ1) is 18.6. The number of carboxylic acid groups (broad SMARTS) is 1. The van der Waals surface area contributed by atoms with Crippen molar-refractivity contribution in [1.82, 2.24) is 9.88 Å². The van der Waals surface area contributed by atoms with Crippen LogP contribution in [0.4, 0.5) is 4.39 Å². The average molecular weight is 533 g/mol. The Kier molecular flexibility index (Phi) is 7.63. The number of pyridine rings is 1. The smallest absolute Gasteiger partial charge is 0.306 e. The monoisotopic (exact) mass is 532 g/mol. The van der Waals surface area contributed by atoms with Crippen molar-refractivity contribution in [2.45, 2.75) is 71.1 Å². The number of ether oxygens (including phenoxy) is 2. The molecule has 2 atom stereocenters.